The summed E-state index contributed by atoms with van der Waals surface area (Å²) in [6.07, 6.45) is -2.30. The lowest BCUT2D eigenvalue weighted by Gasteiger charge is -2.46. The second-order valence-electron chi connectivity index (χ2n) is 4.54. The van der Waals surface area contributed by atoms with Crippen molar-refractivity contribution >= 4 is 0 Å². The zero-order valence-corrected chi connectivity index (χ0v) is 13.0. The van der Waals surface area contributed by atoms with Crippen LogP contribution in [0.3, 0.4) is 0 Å². The molecule has 0 spiro atoms. The third-order valence-corrected chi connectivity index (χ3v) is 3.58. The van der Waals surface area contributed by atoms with Crippen LogP contribution in [0.2, 0.25) is 0 Å². The van der Waals surface area contributed by atoms with Crippen molar-refractivity contribution in [1.29, 1.82) is 0 Å². The first kappa shape index (κ1) is 17.8. The Morgan fingerprint density at radius 1 is 0.800 bits per heavy atom. The summed E-state index contributed by atoms with van der Waals surface area (Å²) in [4.78, 5) is 0. The molecule has 0 saturated carbocycles. The number of methoxy groups -OCH3 is 6. The van der Waals surface area contributed by atoms with Gasteiger partial charge in [0.1, 0.15) is 30.5 Å². The molecule has 0 aromatic heterocycles. The fourth-order valence-corrected chi connectivity index (χ4v) is 2.57. The lowest BCUT2D eigenvalue weighted by molar-refractivity contribution is -0.318. The third-order valence-electron chi connectivity index (χ3n) is 3.58. The summed E-state index contributed by atoms with van der Waals surface area (Å²) >= 11 is 0. The van der Waals surface area contributed by atoms with E-state index in [-0.39, 0.29) is 30.5 Å². The Bertz CT molecular complexity index is 261. The largest absolute Gasteiger partial charge is 0.382 e. The molecule has 0 amide bonds. The maximum absolute atomic E-state index is 5.92. The molecule has 7 heteroatoms. The molecule has 0 N–H and O–H groups in total. The number of rotatable bonds is 8. The maximum Gasteiger partial charge on any atom is 0.186 e. The van der Waals surface area contributed by atoms with Crippen LogP contribution >= 0.6 is 0 Å². The molecule has 1 unspecified atom stereocenters. The van der Waals surface area contributed by atoms with E-state index in [1.165, 1.54) is 0 Å². The molecule has 7 nitrogen and oxygen atoms in total. The summed E-state index contributed by atoms with van der Waals surface area (Å²) in [5, 5.41) is 0. The molecule has 1 saturated heterocycles. The molecular formula is C13H26O7. The van der Waals surface area contributed by atoms with Gasteiger partial charge in [-0.3, -0.25) is 0 Å². The molecule has 0 bridgehead atoms. The fourth-order valence-electron chi connectivity index (χ4n) is 2.57. The van der Waals surface area contributed by atoms with Gasteiger partial charge in [-0.25, -0.2) is 0 Å². The highest BCUT2D eigenvalue weighted by atomic mass is 16.7. The highest BCUT2D eigenvalue weighted by Gasteiger charge is 2.50. The summed E-state index contributed by atoms with van der Waals surface area (Å²) in [7, 11) is 9.57. The predicted octanol–water partition coefficient (Wildman–Crippen LogP) is 0.0641. The van der Waals surface area contributed by atoms with E-state index < -0.39 is 6.29 Å². The Hall–Kier alpha value is -0.280. The van der Waals surface area contributed by atoms with Gasteiger partial charge in [-0.1, -0.05) is 0 Å². The third kappa shape index (κ3) is 3.67. The molecule has 6 atom stereocenters. The van der Waals surface area contributed by atoms with Gasteiger partial charge >= 0.3 is 0 Å². The van der Waals surface area contributed by atoms with Crippen LogP contribution in [0.5, 0.6) is 0 Å². The van der Waals surface area contributed by atoms with Crippen molar-refractivity contribution in [2.24, 2.45) is 0 Å². The van der Waals surface area contributed by atoms with E-state index in [1.807, 2.05) is 0 Å². The van der Waals surface area contributed by atoms with Gasteiger partial charge in [0.2, 0.25) is 0 Å². The molecule has 1 rings (SSSR count). The van der Waals surface area contributed by atoms with E-state index in [0.29, 0.717) is 6.61 Å². The van der Waals surface area contributed by atoms with E-state index in [4.69, 9.17) is 33.2 Å². The first-order chi connectivity index (χ1) is 9.68. The van der Waals surface area contributed by atoms with Crippen molar-refractivity contribution < 1.29 is 33.2 Å². The Kier molecular flexibility index (Phi) is 7.90. The highest BCUT2D eigenvalue weighted by molar-refractivity contribution is 4.95. The molecule has 0 aromatic rings. The van der Waals surface area contributed by atoms with Crippen molar-refractivity contribution in [3.05, 3.63) is 0 Å². The molecule has 0 aromatic carbocycles. The average Bonchev–Trinajstić information content (AvgIpc) is 2.50. The van der Waals surface area contributed by atoms with Gasteiger partial charge in [0, 0.05) is 42.7 Å². The van der Waals surface area contributed by atoms with Gasteiger partial charge in [0.15, 0.2) is 6.29 Å². The fraction of sp³-hybridized carbons (Fsp3) is 1.00. The van der Waals surface area contributed by atoms with E-state index >= 15 is 0 Å². The first-order valence-corrected chi connectivity index (χ1v) is 6.46. The maximum atomic E-state index is 5.92. The average molecular weight is 294 g/mol. The molecule has 1 aliphatic heterocycles. The monoisotopic (exact) mass is 294 g/mol. The zero-order valence-electron chi connectivity index (χ0n) is 13.0. The standard InChI is InChI=1S/C13H26O7/c1-14-7-8(15-2)9-10(16-3)11(17-4)12(18-5)13(19-6)20-9/h8-13H,7H2,1-6H3/t8-,9+,10+,11-,12-,13?/m0/s1. The predicted molar refractivity (Wildman–Crippen MR) is 70.7 cm³/mol. The van der Waals surface area contributed by atoms with Crippen LogP contribution in [-0.2, 0) is 33.2 Å². The Morgan fingerprint density at radius 3 is 1.80 bits per heavy atom. The summed E-state index contributed by atoms with van der Waals surface area (Å²) in [5.74, 6) is 0. The van der Waals surface area contributed by atoms with Crippen LogP contribution < -0.4 is 0 Å². The minimum atomic E-state index is -0.559. The summed E-state index contributed by atoms with van der Waals surface area (Å²) in [6.45, 7) is 0.381. The zero-order chi connectivity index (χ0) is 15.1. The summed E-state index contributed by atoms with van der Waals surface area (Å²) in [6, 6.07) is 0. The smallest absolute Gasteiger partial charge is 0.186 e. The molecule has 0 aliphatic carbocycles. The quantitative estimate of drug-likeness (QED) is 0.627. The van der Waals surface area contributed by atoms with Crippen LogP contribution in [0.25, 0.3) is 0 Å². The van der Waals surface area contributed by atoms with Crippen LogP contribution in [0.15, 0.2) is 0 Å². The minimum Gasteiger partial charge on any atom is -0.382 e. The van der Waals surface area contributed by atoms with E-state index in [9.17, 15) is 0 Å². The Balaban J connectivity index is 2.97. The van der Waals surface area contributed by atoms with Gasteiger partial charge in [0.25, 0.3) is 0 Å². The van der Waals surface area contributed by atoms with Gasteiger partial charge < -0.3 is 33.2 Å². The van der Waals surface area contributed by atoms with Crippen LogP contribution in [-0.4, -0.2) is 86.1 Å². The summed E-state index contributed by atoms with van der Waals surface area (Å²) < 4.78 is 38.4. The van der Waals surface area contributed by atoms with E-state index in [1.54, 1.807) is 42.7 Å². The minimum absolute atomic E-state index is 0.293. The van der Waals surface area contributed by atoms with Crippen molar-refractivity contribution in [3.8, 4) is 0 Å². The summed E-state index contributed by atoms with van der Waals surface area (Å²) in [5.41, 5.74) is 0. The van der Waals surface area contributed by atoms with Crippen molar-refractivity contribution in [1.82, 2.24) is 0 Å². The van der Waals surface area contributed by atoms with Crippen molar-refractivity contribution in [2.45, 2.75) is 36.8 Å². The SMILES string of the molecule is COC[C@H](OC)[C@H]1OC(OC)[C@@H](OC)[C@@H](OC)[C@@H]1OC. The van der Waals surface area contributed by atoms with Gasteiger partial charge in [-0.2, -0.15) is 0 Å². The van der Waals surface area contributed by atoms with Gasteiger partial charge in [-0.15, -0.1) is 0 Å². The molecule has 0 radical (unpaired) electrons. The van der Waals surface area contributed by atoms with Gasteiger partial charge in [0.05, 0.1) is 6.61 Å². The number of ether oxygens (including phenoxy) is 7. The molecule has 1 heterocycles. The molecular weight excluding hydrogens is 268 g/mol. The van der Waals surface area contributed by atoms with Crippen LogP contribution in [0, 0.1) is 0 Å². The lowest BCUT2D eigenvalue weighted by atomic mass is 9.94. The van der Waals surface area contributed by atoms with E-state index in [2.05, 4.69) is 0 Å². The number of hydrogen-bond donors (Lipinski definition) is 0. The lowest BCUT2D eigenvalue weighted by Crippen LogP contribution is -2.63. The van der Waals surface area contributed by atoms with Crippen molar-refractivity contribution in [3.63, 3.8) is 0 Å². The second-order valence-corrected chi connectivity index (χ2v) is 4.54. The van der Waals surface area contributed by atoms with Gasteiger partial charge in [-0.05, 0) is 0 Å². The molecule has 1 aliphatic rings. The molecule has 120 valence electrons. The Morgan fingerprint density at radius 2 is 1.40 bits per heavy atom. The number of hydrogen-bond acceptors (Lipinski definition) is 7. The topological polar surface area (TPSA) is 64.6 Å². The van der Waals surface area contributed by atoms with Crippen LogP contribution in [0.1, 0.15) is 0 Å². The highest BCUT2D eigenvalue weighted by Crippen LogP contribution is 2.29. The second kappa shape index (κ2) is 8.89. The molecule has 20 heavy (non-hydrogen) atoms. The van der Waals surface area contributed by atoms with E-state index in [0.717, 1.165) is 0 Å². The van der Waals surface area contributed by atoms with Crippen molar-refractivity contribution in [2.75, 3.05) is 49.3 Å². The first-order valence-electron chi connectivity index (χ1n) is 6.46. The normalized spacial score (nSPS) is 36.0. The van der Waals surface area contributed by atoms with Crippen LogP contribution in [0.4, 0.5) is 0 Å². The molecule has 1 fully saturated rings. The Labute approximate surface area is 120 Å².